The van der Waals surface area contributed by atoms with Crippen LogP contribution in [0, 0.1) is 0 Å². The minimum atomic E-state index is 0.230. The molecule has 0 saturated carbocycles. The molecule has 0 aliphatic rings. The van der Waals surface area contributed by atoms with Gasteiger partial charge in [0.1, 0.15) is 0 Å². The highest BCUT2D eigenvalue weighted by Gasteiger charge is 2.13. The maximum atomic E-state index is 12.5. The summed E-state index contributed by atoms with van der Waals surface area (Å²) in [5, 5.41) is 2.08. The number of rotatable bonds is 9. The number of carbonyl (C=O) groups excluding carboxylic acids is 1. The van der Waals surface area contributed by atoms with Crippen molar-refractivity contribution in [2.45, 2.75) is 32.2 Å². The number of thiophene rings is 1. The van der Waals surface area contributed by atoms with Crippen molar-refractivity contribution >= 4 is 17.2 Å². The predicted molar refractivity (Wildman–Crippen MR) is 92.8 cm³/mol. The van der Waals surface area contributed by atoms with E-state index in [0.717, 1.165) is 25.8 Å². The minimum absolute atomic E-state index is 0.230. The molecule has 2 aromatic rings. The Morgan fingerprint density at radius 3 is 2.59 bits per heavy atom. The molecule has 0 saturated heterocycles. The van der Waals surface area contributed by atoms with Gasteiger partial charge in [-0.15, -0.1) is 11.3 Å². The second kappa shape index (κ2) is 9.38. The lowest BCUT2D eigenvalue weighted by Crippen LogP contribution is -2.32. The number of aryl methyl sites for hydroxylation is 1. The van der Waals surface area contributed by atoms with E-state index in [2.05, 4.69) is 29.6 Å². The molecule has 0 atom stereocenters. The molecule has 0 unspecified atom stereocenters. The topological polar surface area (TPSA) is 46.3 Å². The van der Waals surface area contributed by atoms with Gasteiger partial charge >= 0.3 is 0 Å². The van der Waals surface area contributed by atoms with Gasteiger partial charge in [-0.1, -0.05) is 36.4 Å². The Labute approximate surface area is 136 Å². The standard InChI is InChI=1S/C18H24N2OS/c19-12-6-13-20(15-16-7-2-1-3-8-16)18(21)11-4-9-17-10-5-14-22-17/h1-3,5,7-8,10,14H,4,6,9,11-13,15,19H2. The highest BCUT2D eigenvalue weighted by molar-refractivity contribution is 7.09. The zero-order valence-electron chi connectivity index (χ0n) is 12.9. The Morgan fingerprint density at radius 1 is 1.09 bits per heavy atom. The van der Waals surface area contributed by atoms with Crippen molar-refractivity contribution in [2.75, 3.05) is 13.1 Å². The summed E-state index contributed by atoms with van der Waals surface area (Å²) in [7, 11) is 0. The molecule has 118 valence electrons. The summed E-state index contributed by atoms with van der Waals surface area (Å²) in [6.45, 7) is 2.04. The molecule has 0 aliphatic carbocycles. The molecule has 0 bridgehead atoms. The first-order valence-corrected chi connectivity index (χ1v) is 8.71. The first-order chi connectivity index (χ1) is 10.8. The van der Waals surface area contributed by atoms with Gasteiger partial charge in [-0.2, -0.15) is 0 Å². The van der Waals surface area contributed by atoms with Gasteiger partial charge in [-0.3, -0.25) is 4.79 Å². The molecule has 1 aromatic carbocycles. The van der Waals surface area contributed by atoms with Crippen molar-refractivity contribution in [1.29, 1.82) is 0 Å². The van der Waals surface area contributed by atoms with E-state index in [1.807, 2.05) is 23.1 Å². The van der Waals surface area contributed by atoms with Crippen LogP contribution in [0.1, 0.15) is 29.7 Å². The van der Waals surface area contributed by atoms with Gasteiger partial charge in [0.05, 0.1) is 0 Å². The first-order valence-electron chi connectivity index (χ1n) is 7.83. The molecular formula is C18H24N2OS. The van der Waals surface area contributed by atoms with E-state index >= 15 is 0 Å². The van der Waals surface area contributed by atoms with Crippen LogP contribution in [-0.2, 0) is 17.8 Å². The van der Waals surface area contributed by atoms with Gasteiger partial charge in [0.2, 0.25) is 5.91 Å². The summed E-state index contributed by atoms with van der Waals surface area (Å²) < 4.78 is 0. The molecule has 1 heterocycles. The fourth-order valence-electron chi connectivity index (χ4n) is 2.40. The predicted octanol–water partition coefficient (Wildman–Crippen LogP) is 3.45. The third kappa shape index (κ3) is 5.62. The van der Waals surface area contributed by atoms with Crippen molar-refractivity contribution in [3.8, 4) is 0 Å². The number of carbonyl (C=O) groups is 1. The molecule has 3 nitrogen and oxygen atoms in total. The second-order valence-electron chi connectivity index (χ2n) is 5.38. The maximum Gasteiger partial charge on any atom is 0.222 e. The molecule has 2 N–H and O–H groups in total. The van der Waals surface area contributed by atoms with Gasteiger partial charge in [0, 0.05) is 24.4 Å². The number of benzene rings is 1. The highest BCUT2D eigenvalue weighted by Crippen LogP contribution is 2.13. The third-order valence-electron chi connectivity index (χ3n) is 3.60. The van der Waals surface area contributed by atoms with Crippen LogP contribution in [0.25, 0.3) is 0 Å². The van der Waals surface area contributed by atoms with E-state index in [1.165, 1.54) is 10.4 Å². The van der Waals surface area contributed by atoms with Crippen LogP contribution in [0.4, 0.5) is 0 Å². The summed E-state index contributed by atoms with van der Waals surface area (Å²) in [5.41, 5.74) is 6.77. The quantitative estimate of drug-likeness (QED) is 0.770. The normalized spacial score (nSPS) is 10.6. The van der Waals surface area contributed by atoms with Crippen molar-refractivity contribution in [1.82, 2.24) is 4.90 Å². The van der Waals surface area contributed by atoms with Crippen LogP contribution in [-0.4, -0.2) is 23.9 Å². The summed E-state index contributed by atoms with van der Waals surface area (Å²) >= 11 is 1.76. The first kappa shape index (κ1) is 16.7. The van der Waals surface area contributed by atoms with Crippen LogP contribution in [0.5, 0.6) is 0 Å². The van der Waals surface area contributed by atoms with E-state index in [9.17, 15) is 4.79 Å². The molecule has 22 heavy (non-hydrogen) atoms. The third-order valence-corrected chi connectivity index (χ3v) is 4.53. The summed E-state index contributed by atoms with van der Waals surface area (Å²) in [6, 6.07) is 14.3. The number of hydrogen-bond donors (Lipinski definition) is 1. The van der Waals surface area contributed by atoms with Crippen molar-refractivity contribution in [2.24, 2.45) is 5.73 Å². The average molecular weight is 316 g/mol. The van der Waals surface area contributed by atoms with Crippen LogP contribution >= 0.6 is 11.3 Å². The van der Waals surface area contributed by atoms with Crippen molar-refractivity contribution in [3.05, 3.63) is 58.3 Å². The van der Waals surface area contributed by atoms with Gasteiger partial charge in [-0.25, -0.2) is 0 Å². The van der Waals surface area contributed by atoms with Crippen molar-refractivity contribution < 1.29 is 4.79 Å². The Morgan fingerprint density at radius 2 is 1.91 bits per heavy atom. The van der Waals surface area contributed by atoms with Crippen LogP contribution in [0.15, 0.2) is 47.8 Å². The molecule has 1 aromatic heterocycles. The molecule has 0 radical (unpaired) electrons. The fourth-order valence-corrected chi connectivity index (χ4v) is 3.16. The molecule has 0 fully saturated rings. The SMILES string of the molecule is NCCCN(Cc1ccccc1)C(=O)CCCc1cccs1. The Bertz CT molecular complexity index is 539. The lowest BCUT2D eigenvalue weighted by molar-refractivity contribution is -0.132. The molecule has 1 amide bonds. The summed E-state index contributed by atoms with van der Waals surface area (Å²) in [6.07, 6.45) is 3.35. The number of hydrogen-bond acceptors (Lipinski definition) is 3. The number of nitrogens with two attached hydrogens (primary N) is 1. The molecule has 4 heteroatoms. The fraction of sp³-hybridized carbons (Fsp3) is 0.389. The van der Waals surface area contributed by atoms with E-state index < -0.39 is 0 Å². The van der Waals surface area contributed by atoms with Gasteiger partial charge in [0.15, 0.2) is 0 Å². The molecule has 0 aliphatic heterocycles. The Kier molecular flexibility index (Phi) is 7.13. The maximum absolute atomic E-state index is 12.5. The molecule has 0 spiro atoms. The van der Waals surface area contributed by atoms with Crippen LogP contribution in [0.2, 0.25) is 0 Å². The smallest absolute Gasteiger partial charge is 0.222 e. The number of amides is 1. The van der Waals surface area contributed by atoms with Gasteiger partial charge in [-0.05, 0) is 42.8 Å². The van der Waals surface area contributed by atoms with Crippen LogP contribution < -0.4 is 5.73 Å². The highest BCUT2D eigenvalue weighted by atomic mass is 32.1. The average Bonchev–Trinajstić information content (AvgIpc) is 3.05. The van der Waals surface area contributed by atoms with Crippen molar-refractivity contribution in [3.63, 3.8) is 0 Å². The van der Waals surface area contributed by atoms with Gasteiger partial charge in [0.25, 0.3) is 0 Å². The lowest BCUT2D eigenvalue weighted by atomic mass is 10.1. The zero-order chi connectivity index (χ0) is 15.6. The number of nitrogens with zero attached hydrogens (tertiary/aromatic N) is 1. The largest absolute Gasteiger partial charge is 0.338 e. The second-order valence-corrected chi connectivity index (χ2v) is 6.41. The summed E-state index contributed by atoms with van der Waals surface area (Å²) in [4.78, 5) is 15.8. The monoisotopic (exact) mass is 316 g/mol. The molecular weight excluding hydrogens is 292 g/mol. The van der Waals surface area contributed by atoms with E-state index in [1.54, 1.807) is 11.3 Å². The lowest BCUT2D eigenvalue weighted by Gasteiger charge is -2.22. The van der Waals surface area contributed by atoms with E-state index in [0.29, 0.717) is 19.5 Å². The van der Waals surface area contributed by atoms with Crippen LogP contribution in [0.3, 0.4) is 0 Å². The molecule has 2 rings (SSSR count). The minimum Gasteiger partial charge on any atom is -0.338 e. The van der Waals surface area contributed by atoms with Gasteiger partial charge < -0.3 is 10.6 Å². The Hall–Kier alpha value is -1.65. The summed E-state index contributed by atoms with van der Waals surface area (Å²) in [5.74, 6) is 0.230. The van der Waals surface area contributed by atoms with E-state index in [-0.39, 0.29) is 5.91 Å². The van der Waals surface area contributed by atoms with E-state index in [4.69, 9.17) is 5.73 Å². The Balaban J connectivity index is 1.85. The zero-order valence-corrected chi connectivity index (χ0v) is 13.7.